The standard InChI is InChI=1S/C11H23NO2S/c1-8(2)11(9(3)4)7-12-15(13,14)10(5)6/h8,10,12H,7H2,1-6H3. The van der Waals surface area contributed by atoms with Crippen LogP contribution < -0.4 is 4.72 Å². The highest BCUT2D eigenvalue weighted by molar-refractivity contribution is 7.90. The lowest BCUT2D eigenvalue weighted by Gasteiger charge is -2.16. The Hall–Kier alpha value is -0.350. The van der Waals surface area contributed by atoms with E-state index in [2.05, 4.69) is 18.6 Å². The van der Waals surface area contributed by atoms with E-state index >= 15 is 0 Å². The minimum absolute atomic E-state index is 0.372. The maximum Gasteiger partial charge on any atom is 0.214 e. The van der Waals surface area contributed by atoms with Crippen LogP contribution >= 0.6 is 0 Å². The molecule has 4 heteroatoms. The monoisotopic (exact) mass is 233 g/mol. The fourth-order valence-corrected chi connectivity index (χ4v) is 1.99. The summed E-state index contributed by atoms with van der Waals surface area (Å²) in [4.78, 5) is 0. The first-order valence-electron chi connectivity index (χ1n) is 5.33. The summed E-state index contributed by atoms with van der Waals surface area (Å²) >= 11 is 0. The van der Waals surface area contributed by atoms with E-state index in [1.54, 1.807) is 13.8 Å². The van der Waals surface area contributed by atoms with Gasteiger partial charge in [-0.05, 0) is 33.6 Å². The molecular formula is C11H23NO2S. The largest absolute Gasteiger partial charge is 0.214 e. The van der Waals surface area contributed by atoms with Crippen molar-refractivity contribution in [1.82, 2.24) is 4.72 Å². The molecule has 0 heterocycles. The van der Waals surface area contributed by atoms with E-state index in [1.165, 1.54) is 11.1 Å². The molecule has 0 aromatic rings. The number of allylic oxidation sites excluding steroid dienone is 1. The Labute approximate surface area is 94.0 Å². The first kappa shape index (κ1) is 14.6. The Kier molecular flexibility index (Phi) is 5.53. The topological polar surface area (TPSA) is 46.2 Å². The second-order valence-electron chi connectivity index (χ2n) is 4.59. The SMILES string of the molecule is CC(C)=C(CNS(=O)(=O)C(C)C)C(C)C. The summed E-state index contributed by atoms with van der Waals surface area (Å²) in [6, 6.07) is 0. The predicted molar refractivity (Wildman–Crippen MR) is 65.3 cm³/mol. The average Bonchev–Trinajstić information content (AvgIpc) is 2.02. The van der Waals surface area contributed by atoms with E-state index in [0.717, 1.165) is 0 Å². The van der Waals surface area contributed by atoms with E-state index in [-0.39, 0.29) is 5.25 Å². The molecule has 0 spiro atoms. The summed E-state index contributed by atoms with van der Waals surface area (Å²) in [5.74, 6) is 0.380. The number of sulfonamides is 1. The molecule has 0 fully saturated rings. The van der Waals surface area contributed by atoms with Crippen molar-refractivity contribution in [3.8, 4) is 0 Å². The quantitative estimate of drug-likeness (QED) is 0.741. The highest BCUT2D eigenvalue weighted by atomic mass is 32.2. The summed E-state index contributed by atoms with van der Waals surface area (Å²) in [6.45, 7) is 12.0. The van der Waals surface area contributed by atoms with Crippen LogP contribution in [0.4, 0.5) is 0 Å². The van der Waals surface area contributed by atoms with Gasteiger partial charge in [-0.15, -0.1) is 0 Å². The number of hydrogen-bond acceptors (Lipinski definition) is 2. The Morgan fingerprint density at radius 2 is 1.60 bits per heavy atom. The molecule has 0 saturated carbocycles. The molecule has 15 heavy (non-hydrogen) atoms. The lowest BCUT2D eigenvalue weighted by molar-refractivity contribution is 0.572. The van der Waals surface area contributed by atoms with Gasteiger partial charge in [0.15, 0.2) is 0 Å². The summed E-state index contributed by atoms with van der Waals surface area (Å²) in [7, 11) is -3.14. The molecule has 0 saturated heterocycles. The van der Waals surface area contributed by atoms with Crippen LogP contribution in [0.5, 0.6) is 0 Å². The van der Waals surface area contributed by atoms with E-state index in [1.807, 2.05) is 13.8 Å². The van der Waals surface area contributed by atoms with Gasteiger partial charge in [-0.3, -0.25) is 0 Å². The van der Waals surface area contributed by atoms with Gasteiger partial charge in [-0.25, -0.2) is 13.1 Å². The molecule has 0 bridgehead atoms. The Balaban J connectivity index is 4.59. The third kappa shape index (κ3) is 4.80. The van der Waals surface area contributed by atoms with Crippen LogP contribution in [0.3, 0.4) is 0 Å². The van der Waals surface area contributed by atoms with E-state index < -0.39 is 10.0 Å². The Morgan fingerprint density at radius 1 is 1.13 bits per heavy atom. The smallest absolute Gasteiger partial charge is 0.212 e. The summed E-state index contributed by atoms with van der Waals surface area (Å²) < 4.78 is 25.7. The van der Waals surface area contributed by atoms with Crippen LogP contribution in [0, 0.1) is 5.92 Å². The minimum Gasteiger partial charge on any atom is -0.212 e. The molecule has 0 aromatic heterocycles. The normalized spacial score (nSPS) is 12.3. The lowest BCUT2D eigenvalue weighted by atomic mass is 9.99. The van der Waals surface area contributed by atoms with Crippen molar-refractivity contribution < 1.29 is 8.42 Å². The zero-order valence-corrected chi connectivity index (χ0v) is 11.4. The lowest BCUT2D eigenvalue weighted by Crippen LogP contribution is -2.33. The number of rotatable bonds is 5. The van der Waals surface area contributed by atoms with Crippen LogP contribution in [-0.4, -0.2) is 20.2 Å². The molecule has 3 nitrogen and oxygen atoms in total. The molecule has 1 N–H and O–H groups in total. The second kappa shape index (κ2) is 5.66. The van der Waals surface area contributed by atoms with E-state index in [4.69, 9.17) is 0 Å². The van der Waals surface area contributed by atoms with Gasteiger partial charge in [-0.2, -0.15) is 0 Å². The molecule has 0 unspecified atom stereocenters. The van der Waals surface area contributed by atoms with Crippen molar-refractivity contribution in [3.05, 3.63) is 11.1 Å². The van der Waals surface area contributed by atoms with Gasteiger partial charge in [0.1, 0.15) is 0 Å². The van der Waals surface area contributed by atoms with Gasteiger partial charge in [0.05, 0.1) is 5.25 Å². The van der Waals surface area contributed by atoms with Crippen LogP contribution in [0.25, 0.3) is 0 Å². The summed E-state index contributed by atoms with van der Waals surface area (Å²) in [6.07, 6.45) is 0. The van der Waals surface area contributed by atoms with Gasteiger partial charge in [0.25, 0.3) is 0 Å². The number of hydrogen-bond donors (Lipinski definition) is 1. The van der Waals surface area contributed by atoms with Crippen molar-refractivity contribution >= 4 is 10.0 Å². The van der Waals surface area contributed by atoms with Crippen molar-refractivity contribution in [2.75, 3.05) is 6.54 Å². The van der Waals surface area contributed by atoms with Crippen LogP contribution in [0.1, 0.15) is 41.5 Å². The van der Waals surface area contributed by atoms with Crippen molar-refractivity contribution in [2.24, 2.45) is 5.92 Å². The molecule has 0 aliphatic rings. The fraction of sp³-hybridized carbons (Fsp3) is 0.818. The third-order valence-electron chi connectivity index (χ3n) is 2.42. The highest BCUT2D eigenvalue weighted by Crippen LogP contribution is 2.14. The Morgan fingerprint density at radius 3 is 1.87 bits per heavy atom. The zero-order valence-electron chi connectivity index (χ0n) is 10.6. The predicted octanol–water partition coefficient (Wildman–Crippen LogP) is 2.31. The third-order valence-corrected chi connectivity index (χ3v) is 4.21. The van der Waals surface area contributed by atoms with Crippen molar-refractivity contribution in [1.29, 1.82) is 0 Å². The van der Waals surface area contributed by atoms with E-state index in [9.17, 15) is 8.42 Å². The zero-order chi connectivity index (χ0) is 12.2. The van der Waals surface area contributed by atoms with Crippen molar-refractivity contribution in [3.63, 3.8) is 0 Å². The van der Waals surface area contributed by atoms with Gasteiger partial charge in [0.2, 0.25) is 10.0 Å². The summed E-state index contributed by atoms with van der Waals surface area (Å²) in [5, 5.41) is -0.372. The molecular weight excluding hydrogens is 210 g/mol. The van der Waals surface area contributed by atoms with Gasteiger partial charge < -0.3 is 0 Å². The molecule has 0 aromatic carbocycles. The van der Waals surface area contributed by atoms with Crippen LogP contribution in [-0.2, 0) is 10.0 Å². The maximum absolute atomic E-state index is 11.5. The van der Waals surface area contributed by atoms with Crippen LogP contribution in [0.2, 0.25) is 0 Å². The first-order valence-corrected chi connectivity index (χ1v) is 6.87. The number of nitrogens with one attached hydrogen (secondary N) is 1. The van der Waals surface area contributed by atoms with Crippen LogP contribution in [0.15, 0.2) is 11.1 Å². The highest BCUT2D eigenvalue weighted by Gasteiger charge is 2.16. The van der Waals surface area contributed by atoms with Crippen molar-refractivity contribution in [2.45, 2.75) is 46.8 Å². The van der Waals surface area contributed by atoms with E-state index in [0.29, 0.717) is 12.5 Å². The summed E-state index contributed by atoms with van der Waals surface area (Å²) in [5.41, 5.74) is 2.36. The molecule has 0 amide bonds. The van der Waals surface area contributed by atoms with Gasteiger partial charge in [-0.1, -0.05) is 25.0 Å². The molecule has 0 aliphatic heterocycles. The van der Waals surface area contributed by atoms with Gasteiger partial charge in [0, 0.05) is 6.54 Å². The molecule has 90 valence electrons. The minimum atomic E-state index is -3.14. The second-order valence-corrected chi connectivity index (χ2v) is 6.92. The average molecular weight is 233 g/mol. The maximum atomic E-state index is 11.5. The first-order chi connectivity index (χ1) is 6.68. The molecule has 0 atom stereocenters. The Bertz CT molecular complexity index is 322. The molecule has 0 rings (SSSR count). The molecule has 0 aliphatic carbocycles. The molecule has 0 radical (unpaired) electrons. The van der Waals surface area contributed by atoms with Gasteiger partial charge >= 0.3 is 0 Å². The fourth-order valence-electron chi connectivity index (χ4n) is 1.30.